The number of carbonyl (C=O) groups excluding carboxylic acids is 2. The van der Waals surface area contributed by atoms with Crippen molar-refractivity contribution in [3.05, 3.63) is 11.8 Å². The Morgan fingerprint density at radius 1 is 1.39 bits per heavy atom. The summed E-state index contributed by atoms with van der Waals surface area (Å²) in [6.45, 7) is 4.71. The number of esters is 1. The van der Waals surface area contributed by atoms with Crippen LogP contribution in [0.25, 0.3) is 5.57 Å². The van der Waals surface area contributed by atoms with Crippen LogP contribution in [0.4, 0.5) is 0 Å². The zero-order valence-corrected chi connectivity index (χ0v) is 13.7. The fraction of sp³-hybridized carbons (Fsp3) is 0.571. The van der Waals surface area contributed by atoms with Crippen LogP contribution in [0.5, 0.6) is 5.88 Å². The van der Waals surface area contributed by atoms with Gasteiger partial charge in [-0.25, -0.2) is 9.59 Å². The molecule has 0 aliphatic carbocycles. The van der Waals surface area contributed by atoms with Crippen LogP contribution in [0.3, 0.4) is 0 Å². The number of rotatable bonds is 5. The van der Waals surface area contributed by atoms with E-state index < -0.39 is 17.7 Å². The zero-order valence-electron chi connectivity index (χ0n) is 12.9. The van der Waals surface area contributed by atoms with Crippen molar-refractivity contribution in [3.63, 3.8) is 0 Å². The molecule has 0 amide bonds. The lowest BCUT2D eigenvalue weighted by molar-refractivity contribution is -0.285. The molecule has 1 aromatic heterocycles. The molecule has 0 bridgehead atoms. The van der Waals surface area contributed by atoms with Crippen LogP contribution >= 0.6 is 11.7 Å². The predicted molar refractivity (Wildman–Crippen MR) is 80.2 cm³/mol. The van der Waals surface area contributed by atoms with Crippen molar-refractivity contribution in [3.8, 4) is 5.88 Å². The topological polar surface area (TPSA) is 90.9 Å². The van der Waals surface area contributed by atoms with Crippen LogP contribution in [-0.2, 0) is 19.2 Å². The molecule has 9 heteroatoms. The van der Waals surface area contributed by atoms with Crippen molar-refractivity contribution >= 4 is 29.2 Å². The van der Waals surface area contributed by atoms with E-state index in [4.69, 9.17) is 14.3 Å². The van der Waals surface area contributed by atoms with Gasteiger partial charge in [-0.05, 0) is 19.8 Å². The van der Waals surface area contributed by atoms with E-state index >= 15 is 0 Å². The standard InChI is InChI=1S/C14H17N3O5S/c1-3-4-8-20-11-10(15-23-16-11)9-6-5-7-17-14(9,2)21-12(18)13(19)22-17/h6H,3-5,7-8H2,1-2H3. The van der Waals surface area contributed by atoms with Crippen molar-refractivity contribution in [2.24, 2.45) is 0 Å². The van der Waals surface area contributed by atoms with Gasteiger partial charge in [0.05, 0.1) is 18.3 Å². The van der Waals surface area contributed by atoms with E-state index in [1.165, 1.54) is 5.06 Å². The summed E-state index contributed by atoms with van der Waals surface area (Å²) >= 11 is 1.02. The Balaban J connectivity index is 1.90. The summed E-state index contributed by atoms with van der Waals surface area (Å²) in [6.07, 6.45) is 4.45. The first-order chi connectivity index (χ1) is 11.1. The van der Waals surface area contributed by atoms with E-state index in [9.17, 15) is 9.59 Å². The molecule has 1 saturated heterocycles. The van der Waals surface area contributed by atoms with Crippen molar-refractivity contribution in [2.45, 2.75) is 38.8 Å². The average molecular weight is 339 g/mol. The third-order valence-corrected chi connectivity index (χ3v) is 4.27. The van der Waals surface area contributed by atoms with Crippen LogP contribution in [0.2, 0.25) is 0 Å². The van der Waals surface area contributed by atoms with E-state index in [1.54, 1.807) is 6.92 Å². The molecule has 0 saturated carbocycles. The fourth-order valence-electron chi connectivity index (χ4n) is 2.53. The van der Waals surface area contributed by atoms with Gasteiger partial charge in [0.15, 0.2) is 0 Å². The van der Waals surface area contributed by atoms with E-state index in [0.717, 1.165) is 24.6 Å². The van der Waals surface area contributed by atoms with Gasteiger partial charge in [-0.2, -0.15) is 4.37 Å². The summed E-state index contributed by atoms with van der Waals surface area (Å²) in [7, 11) is 0. The van der Waals surface area contributed by atoms with Gasteiger partial charge < -0.3 is 14.3 Å². The van der Waals surface area contributed by atoms with Crippen molar-refractivity contribution in [1.29, 1.82) is 0 Å². The minimum absolute atomic E-state index is 0.408. The van der Waals surface area contributed by atoms with Gasteiger partial charge in [0, 0.05) is 12.1 Å². The molecule has 1 atom stereocenters. The highest BCUT2D eigenvalue weighted by Gasteiger charge is 2.51. The SMILES string of the molecule is CCCCOc1nsnc1C1=CCCN2OC(=O)C(=O)OC12C. The fourth-order valence-corrected chi connectivity index (χ4v) is 3.04. The molecule has 23 heavy (non-hydrogen) atoms. The average Bonchev–Trinajstić information content (AvgIpc) is 2.96. The molecular weight excluding hydrogens is 322 g/mol. The summed E-state index contributed by atoms with van der Waals surface area (Å²) in [6, 6.07) is 0. The molecule has 0 aromatic carbocycles. The normalized spacial score (nSPS) is 24.5. The molecule has 1 aromatic rings. The number of fused-ring (bicyclic) bond motifs is 1. The highest BCUT2D eigenvalue weighted by atomic mass is 32.1. The Kier molecular flexibility index (Phi) is 4.31. The number of hydrogen-bond acceptors (Lipinski definition) is 9. The third kappa shape index (κ3) is 2.81. The van der Waals surface area contributed by atoms with E-state index in [-0.39, 0.29) is 0 Å². The molecule has 124 valence electrons. The van der Waals surface area contributed by atoms with Crippen LogP contribution in [-0.4, -0.2) is 44.6 Å². The zero-order chi connectivity index (χ0) is 16.4. The largest absolute Gasteiger partial charge is 0.475 e. The maximum Gasteiger partial charge on any atom is 0.436 e. The molecule has 1 unspecified atom stereocenters. The lowest BCUT2D eigenvalue weighted by Gasteiger charge is -2.44. The quantitative estimate of drug-likeness (QED) is 0.453. The van der Waals surface area contributed by atoms with Gasteiger partial charge in [0.25, 0.3) is 5.88 Å². The first-order valence-electron chi connectivity index (χ1n) is 7.45. The lowest BCUT2D eigenvalue weighted by atomic mass is 9.95. The Morgan fingerprint density at radius 2 is 2.22 bits per heavy atom. The van der Waals surface area contributed by atoms with Crippen LogP contribution < -0.4 is 4.74 Å². The van der Waals surface area contributed by atoms with Crippen molar-refractivity contribution < 1.29 is 23.9 Å². The Morgan fingerprint density at radius 3 is 3.00 bits per heavy atom. The van der Waals surface area contributed by atoms with Gasteiger partial charge in [-0.3, -0.25) is 0 Å². The first-order valence-corrected chi connectivity index (χ1v) is 8.18. The highest BCUT2D eigenvalue weighted by molar-refractivity contribution is 6.99. The molecule has 8 nitrogen and oxygen atoms in total. The summed E-state index contributed by atoms with van der Waals surface area (Å²) < 4.78 is 19.4. The predicted octanol–water partition coefficient (Wildman–Crippen LogP) is 1.54. The minimum atomic E-state index is -1.22. The molecular formula is C14H17N3O5S. The Bertz CT molecular complexity index is 659. The number of hydrogen-bond donors (Lipinski definition) is 0. The number of carbonyl (C=O) groups is 2. The molecule has 3 heterocycles. The van der Waals surface area contributed by atoms with E-state index in [1.807, 2.05) is 6.08 Å². The molecule has 3 rings (SSSR count). The smallest absolute Gasteiger partial charge is 0.436 e. The summed E-state index contributed by atoms with van der Waals surface area (Å²) in [5.74, 6) is -1.63. The van der Waals surface area contributed by atoms with Crippen LogP contribution in [0.1, 0.15) is 38.8 Å². The number of unbranched alkanes of at least 4 members (excludes halogenated alkanes) is 1. The summed E-state index contributed by atoms with van der Waals surface area (Å²) in [5, 5.41) is 1.36. The number of hydroxylamine groups is 2. The first kappa shape index (κ1) is 15.9. The third-order valence-electron chi connectivity index (χ3n) is 3.76. The molecule has 0 radical (unpaired) electrons. The maximum atomic E-state index is 11.6. The number of aromatic nitrogens is 2. The maximum absolute atomic E-state index is 11.6. The Labute approximate surface area is 137 Å². The monoisotopic (exact) mass is 339 g/mol. The highest BCUT2D eigenvalue weighted by Crippen LogP contribution is 2.41. The molecule has 2 aliphatic heterocycles. The van der Waals surface area contributed by atoms with E-state index in [2.05, 4.69) is 15.7 Å². The molecule has 0 spiro atoms. The lowest BCUT2D eigenvalue weighted by Crippen LogP contribution is -2.58. The van der Waals surface area contributed by atoms with Gasteiger partial charge >= 0.3 is 11.9 Å². The number of nitrogens with zero attached hydrogens (tertiary/aromatic N) is 3. The van der Waals surface area contributed by atoms with E-state index in [0.29, 0.717) is 36.7 Å². The van der Waals surface area contributed by atoms with Gasteiger partial charge in [-0.1, -0.05) is 24.5 Å². The second-order valence-electron chi connectivity index (χ2n) is 5.38. The minimum Gasteiger partial charge on any atom is -0.475 e. The Hall–Kier alpha value is -2.00. The van der Waals surface area contributed by atoms with Gasteiger partial charge in [0.2, 0.25) is 5.72 Å². The summed E-state index contributed by atoms with van der Waals surface area (Å²) in [4.78, 5) is 28.1. The van der Waals surface area contributed by atoms with Crippen molar-refractivity contribution in [1.82, 2.24) is 13.8 Å². The second kappa shape index (κ2) is 6.25. The molecule has 2 aliphatic rings. The molecule has 0 N–H and O–H groups in total. The van der Waals surface area contributed by atoms with Gasteiger partial charge in [-0.15, -0.1) is 4.37 Å². The number of ether oxygens (including phenoxy) is 2. The van der Waals surface area contributed by atoms with Gasteiger partial charge in [0.1, 0.15) is 5.69 Å². The van der Waals surface area contributed by atoms with Crippen LogP contribution in [0.15, 0.2) is 6.08 Å². The van der Waals surface area contributed by atoms with Crippen LogP contribution in [0, 0.1) is 0 Å². The summed E-state index contributed by atoms with van der Waals surface area (Å²) in [5.41, 5.74) is -0.0871. The second-order valence-corrected chi connectivity index (χ2v) is 5.91. The van der Waals surface area contributed by atoms with Crippen molar-refractivity contribution in [2.75, 3.05) is 13.2 Å². The molecule has 1 fully saturated rings.